The third-order valence-electron chi connectivity index (χ3n) is 4.94. The number of aryl methyl sites for hydroxylation is 1. The Balaban J connectivity index is 1.40. The predicted octanol–water partition coefficient (Wildman–Crippen LogP) is 3.35. The summed E-state index contributed by atoms with van der Waals surface area (Å²) in [6, 6.07) is 8.77. The first-order valence-corrected chi connectivity index (χ1v) is 8.96. The van der Waals surface area contributed by atoms with Crippen molar-refractivity contribution >= 4 is 0 Å². The van der Waals surface area contributed by atoms with E-state index in [1.807, 2.05) is 29.8 Å². The molecule has 5 rings (SSSR count). The standard InChI is InChI=1S/C20H17FN6O/c1-12-20(25-26-24-12)13-5-6-22-16(7-13)17-9-27(11-23-17)8-14-10-28-18-4-2-3-15(21)19(14)18/h2-7,9,11,14H,8,10H2,1H3,(H,24,25,26)/t14-/m1/s1. The summed E-state index contributed by atoms with van der Waals surface area (Å²) in [6.45, 7) is 2.97. The Labute approximate surface area is 160 Å². The molecule has 3 aromatic heterocycles. The second kappa shape index (κ2) is 6.56. The number of nitrogens with zero attached hydrogens (tertiary/aromatic N) is 5. The molecule has 1 atom stereocenters. The number of pyridine rings is 1. The van der Waals surface area contributed by atoms with Gasteiger partial charge in [-0.1, -0.05) is 11.3 Å². The molecule has 28 heavy (non-hydrogen) atoms. The van der Waals surface area contributed by atoms with E-state index in [1.165, 1.54) is 6.07 Å². The smallest absolute Gasteiger partial charge is 0.130 e. The molecular weight excluding hydrogens is 359 g/mol. The van der Waals surface area contributed by atoms with E-state index in [1.54, 1.807) is 24.7 Å². The highest BCUT2D eigenvalue weighted by molar-refractivity contribution is 5.67. The van der Waals surface area contributed by atoms with Crippen LogP contribution in [0, 0.1) is 12.7 Å². The fourth-order valence-electron chi connectivity index (χ4n) is 3.57. The second-order valence-electron chi connectivity index (χ2n) is 6.83. The highest BCUT2D eigenvalue weighted by Crippen LogP contribution is 2.36. The minimum atomic E-state index is -0.224. The minimum Gasteiger partial charge on any atom is -0.492 e. The number of aromatic amines is 1. The van der Waals surface area contributed by atoms with E-state index in [9.17, 15) is 4.39 Å². The van der Waals surface area contributed by atoms with Crippen molar-refractivity contribution < 1.29 is 9.13 Å². The second-order valence-corrected chi connectivity index (χ2v) is 6.83. The average Bonchev–Trinajstić information content (AvgIpc) is 3.43. The lowest BCUT2D eigenvalue weighted by atomic mass is 10.0. The van der Waals surface area contributed by atoms with Crippen LogP contribution < -0.4 is 4.74 Å². The maximum absolute atomic E-state index is 14.2. The zero-order valence-corrected chi connectivity index (χ0v) is 15.1. The molecule has 8 heteroatoms. The zero-order valence-electron chi connectivity index (χ0n) is 15.1. The number of ether oxygens (including phenoxy) is 1. The summed E-state index contributed by atoms with van der Waals surface area (Å²) in [5.74, 6) is 0.357. The lowest BCUT2D eigenvalue weighted by Gasteiger charge is -2.10. The maximum atomic E-state index is 14.2. The molecule has 0 saturated heterocycles. The molecule has 0 amide bonds. The van der Waals surface area contributed by atoms with Crippen LogP contribution in [-0.2, 0) is 6.54 Å². The summed E-state index contributed by atoms with van der Waals surface area (Å²) >= 11 is 0. The summed E-state index contributed by atoms with van der Waals surface area (Å²) < 4.78 is 21.8. The van der Waals surface area contributed by atoms with Gasteiger partial charge in [0.1, 0.15) is 23.0 Å². The number of hydrogen-bond acceptors (Lipinski definition) is 5. The molecule has 0 aliphatic carbocycles. The first kappa shape index (κ1) is 16.6. The Kier molecular flexibility index (Phi) is 3.89. The van der Waals surface area contributed by atoms with Crippen LogP contribution in [-0.4, -0.2) is 36.6 Å². The van der Waals surface area contributed by atoms with Gasteiger partial charge >= 0.3 is 0 Å². The van der Waals surface area contributed by atoms with Gasteiger partial charge in [0.05, 0.1) is 24.3 Å². The summed E-state index contributed by atoms with van der Waals surface area (Å²) in [5.41, 5.74) is 4.73. The molecule has 4 heterocycles. The normalized spacial score (nSPS) is 15.4. The lowest BCUT2D eigenvalue weighted by molar-refractivity contribution is 0.318. The van der Waals surface area contributed by atoms with Crippen molar-refractivity contribution in [2.45, 2.75) is 19.4 Å². The lowest BCUT2D eigenvalue weighted by Crippen LogP contribution is -2.10. The Hall–Kier alpha value is -3.55. The fraction of sp³-hybridized carbons (Fsp3) is 0.200. The molecular formula is C20H17FN6O. The SMILES string of the molecule is Cc1[nH]nnc1-c1ccnc(-c2cn(C[C@@H]3COc4cccc(F)c43)cn2)c1. The van der Waals surface area contributed by atoms with Crippen molar-refractivity contribution in [3.63, 3.8) is 0 Å². The average molecular weight is 376 g/mol. The molecule has 0 bridgehead atoms. The highest BCUT2D eigenvalue weighted by Gasteiger charge is 2.27. The largest absolute Gasteiger partial charge is 0.492 e. The molecule has 0 radical (unpaired) electrons. The number of rotatable bonds is 4. The number of aromatic nitrogens is 6. The number of hydrogen-bond donors (Lipinski definition) is 1. The number of halogens is 1. The molecule has 1 aliphatic rings. The van der Waals surface area contributed by atoms with Gasteiger partial charge in [0.15, 0.2) is 0 Å². The fourth-order valence-corrected chi connectivity index (χ4v) is 3.57. The van der Waals surface area contributed by atoms with Crippen LogP contribution in [0.1, 0.15) is 17.2 Å². The van der Waals surface area contributed by atoms with Crippen LogP contribution in [0.25, 0.3) is 22.6 Å². The van der Waals surface area contributed by atoms with Gasteiger partial charge in [0.2, 0.25) is 0 Å². The first-order valence-electron chi connectivity index (χ1n) is 8.96. The molecule has 7 nitrogen and oxygen atoms in total. The van der Waals surface area contributed by atoms with E-state index < -0.39 is 0 Å². The highest BCUT2D eigenvalue weighted by atomic mass is 19.1. The van der Waals surface area contributed by atoms with E-state index in [4.69, 9.17) is 4.74 Å². The Bertz CT molecular complexity index is 1150. The third-order valence-corrected chi connectivity index (χ3v) is 4.94. The molecule has 0 unspecified atom stereocenters. The van der Waals surface area contributed by atoms with Crippen LogP contribution in [0.4, 0.5) is 4.39 Å². The molecule has 1 N–H and O–H groups in total. The summed E-state index contributed by atoms with van der Waals surface area (Å²) in [4.78, 5) is 8.90. The van der Waals surface area contributed by atoms with Crippen molar-refractivity contribution in [2.75, 3.05) is 6.61 Å². The van der Waals surface area contributed by atoms with Gasteiger partial charge in [0, 0.05) is 36.0 Å². The molecule has 140 valence electrons. The molecule has 4 aromatic rings. The van der Waals surface area contributed by atoms with Crippen molar-refractivity contribution in [2.24, 2.45) is 0 Å². The predicted molar refractivity (Wildman–Crippen MR) is 100 cm³/mol. The van der Waals surface area contributed by atoms with Crippen molar-refractivity contribution in [1.82, 2.24) is 29.9 Å². The number of benzene rings is 1. The van der Waals surface area contributed by atoms with Crippen LogP contribution in [0.15, 0.2) is 49.1 Å². The van der Waals surface area contributed by atoms with Gasteiger partial charge in [-0.05, 0) is 31.2 Å². The van der Waals surface area contributed by atoms with Gasteiger partial charge in [-0.25, -0.2) is 9.37 Å². The van der Waals surface area contributed by atoms with Gasteiger partial charge < -0.3 is 9.30 Å². The number of imidazole rings is 1. The zero-order chi connectivity index (χ0) is 19.1. The molecule has 1 aliphatic heterocycles. The van der Waals surface area contributed by atoms with E-state index in [0.717, 1.165) is 28.3 Å². The topological polar surface area (TPSA) is 81.5 Å². The minimum absolute atomic E-state index is 0.0460. The maximum Gasteiger partial charge on any atom is 0.130 e. The summed E-state index contributed by atoms with van der Waals surface area (Å²) in [7, 11) is 0. The van der Waals surface area contributed by atoms with E-state index in [2.05, 4.69) is 25.4 Å². The van der Waals surface area contributed by atoms with E-state index in [-0.39, 0.29) is 11.7 Å². The van der Waals surface area contributed by atoms with E-state index in [0.29, 0.717) is 24.5 Å². The Morgan fingerprint density at radius 1 is 1.25 bits per heavy atom. The van der Waals surface area contributed by atoms with Crippen LogP contribution in [0.2, 0.25) is 0 Å². The molecule has 0 saturated carbocycles. The van der Waals surface area contributed by atoms with Crippen molar-refractivity contribution in [1.29, 1.82) is 0 Å². The van der Waals surface area contributed by atoms with Gasteiger partial charge in [-0.2, -0.15) is 0 Å². The van der Waals surface area contributed by atoms with Crippen molar-refractivity contribution in [3.05, 3.63) is 66.1 Å². The Morgan fingerprint density at radius 2 is 2.18 bits per heavy atom. The monoisotopic (exact) mass is 376 g/mol. The van der Waals surface area contributed by atoms with Crippen LogP contribution >= 0.6 is 0 Å². The number of fused-ring (bicyclic) bond motifs is 1. The molecule has 0 spiro atoms. The summed E-state index contributed by atoms with van der Waals surface area (Å²) in [6.07, 6.45) is 5.39. The van der Waals surface area contributed by atoms with Crippen molar-refractivity contribution in [3.8, 4) is 28.4 Å². The third kappa shape index (κ3) is 2.83. The van der Waals surface area contributed by atoms with Crippen LogP contribution in [0.3, 0.4) is 0 Å². The first-order chi connectivity index (χ1) is 13.7. The van der Waals surface area contributed by atoms with E-state index >= 15 is 0 Å². The number of H-pyrrole nitrogens is 1. The van der Waals surface area contributed by atoms with Crippen LogP contribution in [0.5, 0.6) is 5.75 Å². The Morgan fingerprint density at radius 3 is 3.04 bits per heavy atom. The molecule has 0 fully saturated rings. The molecule has 1 aromatic carbocycles. The van der Waals surface area contributed by atoms with Gasteiger partial charge in [0.25, 0.3) is 0 Å². The van der Waals surface area contributed by atoms with Gasteiger partial charge in [-0.3, -0.25) is 10.1 Å². The summed E-state index contributed by atoms with van der Waals surface area (Å²) in [5, 5.41) is 10.8. The quantitative estimate of drug-likeness (QED) is 0.591. The number of nitrogens with one attached hydrogen (secondary N) is 1. The van der Waals surface area contributed by atoms with Gasteiger partial charge in [-0.15, -0.1) is 5.10 Å².